The van der Waals surface area contributed by atoms with Crippen LogP contribution in [0.5, 0.6) is 11.6 Å². The standard InChI is InChI=1S/C22H20N2O4/c1-14-19(20-17(25)10-5-11-18(20)27-14)21(26)24-13-15-7-6-12-23-22(15)28-16-8-3-2-4-9-16/h2-4,6-9,12H,5,10-11,13H2,1H3,(H,24,26). The van der Waals surface area contributed by atoms with E-state index in [0.29, 0.717) is 47.1 Å². The third kappa shape index (κ3) is 3.53. The number of hydrogen-bond donors (Lipinski definition) is 1. The maximum atomic E-state index is 12.8. The Balaban J connectivity index is 1.52. The minimum absolute atomic E-state index is 0.0299. The Hall–Kier alpha value is -3.41. The number of carbonyl (C=O) groups is 2. The first-order valence-electron chi connectivity index (χ1n) is 9.24. The Morgan fingerprint density at radius 1 is 1.18 bits per heavy atom. The van der Waals surface area contributed by atoms with Gasteiger partial charge in [-0.1, -0.05) is 24.3 Å². The molecule has 4 rings (SSSR count). The van der Waals surface area contributed by atoms with Gasteiger partial charge >= 0.3 is 0 Å². The van der Waals surface area contributed by atoms with Gasteiger partial charge in [0, 0.05) is 31.1 Å². The zero-order valence-electron chi connectivity index (χ0n) is 15.5. The number of nitrogens with one attached hydrogen (secondary N) is 1. The molecule has 142 valence electrons. The van der Waals surface area contributed by atoms with Gasteiger partial charge in [-0.3, -0.25) is 9.59 Å². The Labute approximate surface area is 162 Å². The molecule has 6 heteroatoms. The zero-order chi connectivity index (χ0) is 19.5. The first-order chi connectivity index (χ1) is 13.6. The maximum Gasteiger partial charge on any atom is 0.255 e. The van der Waals surface area contributed by atoms with E-state index >= 15 is 0 Å². The van der Waals surface area contributed by atoms with E-state index in [0.717, 1.165) is 12.0 Å². The van der Waals surface area contributed by atoms with Crippen molar-refractivity contribution in [3.05, 3.63) is 76.9 Å². The van der Waals surface area contributed by atoms with Gasteiger partial charge in [-0.2, -0.15) is 0 Å². The third-order valence-corrected chi connectivity index (χ3v) is 4.72. The highest BCUT2D eigenvalue weighted by atomic mass is 16.5. The highest BCUT2D eigenvalue weighted by molar-refractivity contribution is 6.09. The summed E-state index contributed by atoms with van der Waals surface area (Å²) in [7, 11) is 0. The number of hydrogen-bond acceptors (Lipinski definition) is 5. The molecule has 2 heterocycles. The van der Waals surface area contributed by atoms with Crippen LogP contribution >= 0.6 is 0 Å². The molecule has 0 radical (unpaired) electrons. The van der Waals surface area contributed by atoms with Crippen molar-refractivity contribution in [2.75, 3.05) is 0 Å². The van der Waals surface area contributed by atoms with Crippen LogP contribution in [0.4, 0.5) is 0 Å². The highest BCUT2D eigenvalue weighted by Crippen LogP contribution is 2.30. The summed E-state index contributed by atoms with van der Waals surface area (Å²) < 4.78 is 11.5. The minimum Gasteiger partial charge on any atom is -0.465 e. The van der Waals surface area contributed by atoms with Crippen LogP contribution in [0, 0.1) is 6.92 Å². The van der Waals surface area contributed by atoms with E-state index in [9.17, 15) is 9.59 Å². The third-order valence-electron chi connectivity index (χ3n) is 4.72. The number of para-hydroxylation sites is 1. The fourth-order valence-corrected chi connectivity index (χ4v) is 3.40. The lowest BCUT2D eigenvalue weighted by atomic mass is 9.93. The van der Waals surface area contributed by atoms with Crippen LogP contribution in [0.25, 0.3) is 0 Å². The molecule has 1 aliphatic rings. The average molecular weight is 376 g/mol. The van der Waals surface area contributed by atoms with Crippen LogP contribution in [-0.4, -0.2) is 16.7 Å². The average Bonchev–Trinajstić information content (AvgIpc) is 3.05. The number of furan rings is 1. The van der Waals surface area contributed by atoms with Gasteiger partial charge in [0.05, 0.1) is 11.1 Å². The van der Waals surface area contributed by atoms with Crippen LogP contribution in [0.2, 0.25) is 0 Å². The number of pyridine rings is 1. The van der Waals surface area contributed by atoms with Crippen molar-refractivity contribution in [1.29, 1.82) is 0 Å². The van der Waals surface area contributed by atoms with Crippen molar-refractivity contribution in [3.8, 4) is 11.6 Å². The molecule has 2 aromatic heterocycles. The Kier molecular flexibility index (Phi) is 4.93. The molecule has 0 aliphatic heterocycles. The summed E-state index contributed by atoms with van der Waals surface area (Å²) in [5, 5.41) is 2.87. The molecule has 0 unspecified atom stereocenters. The topological polar surface area (TPSA) is 81.4 Å². The number of ketones is 1. The smallest absolute Gasteiger partial charge is 0.255 e. The summed E-state index contributed by atoms with van der Waals surface area (Å²) in [5.41, 5.74) is 1.52. The summed E-state index contributed by atoms with van der Waals surface area (Å²) in [5.74, 6) is 1.83. The van der Waals surface area contributed by atoms with Crippen molar-refractivity contribution in [2.45, 2.75) is 32.7 Å². The highest BCUT2D eigenvalue weighted by Gasteiger charge is 2.30. The van der Waals surface area contributed by atoms with E-state index < -0.39 is 0 Å². The first-order valence-corrected chi connectivity index (χ1v) is 9.24. The summed E-state index contributed by atoms with van der Waals surface area (Å²) in [6, 6.07) is 13.0. The molecule has 3 aromatic rings. The van der Waals surface area contributed by atoms with Gasteiger partial charge in [-0.05, 0) is 31.5 Å². The summed E-state index contributed by atoms with van der Waals surface area (Å²) in [6.45, 7) is 1.94. The number of nitrogens with zero attached hydrogens (tertiary/aromatic N) is 1. The molecule has 0 saturated heterocycles. The van der Waals surface area contributed by atoms with Crippen molar-refractivity contribution >= 4 is 11.7 Å². The van der Waals surface area contributed by atoms with Crippen molar-refractivity contribution in [1.82, 2.24) is 10.3 Å². The van der Waals surface area contributed by atoms with Crippen molar-refractivity contribution in [3.63, 3.8) is 0 Å². The predicted molar refractivity (Wildman–Crippen MR) is 103 cm³/mol. The van der Waals surface area contributed by atoms with Gasteiger partial charge < -0.3 is 14.5 Å². The van der Waals surface area contributed by atoms with Crippen LogP contribution in [-0.2, 0) is 13.0 Å². The Bertz CT molecular complexity index is 1020. The lowest BCUT2D eigenvalue weighted by Crippen LogP contribution is -2.26. The fraction of sp³-hybridized carbons (Fsp3) is 0.227. The quantitative estimate of drug-likeness (QED) is 0.721. The molecule has 0 saturated carbocycles. The second-order valence-corrected chi connectivity index (χ2v) is 6.67. The Morgan fingerprint density at radius 3 is 2.82 bits per heavy atom. The molecule has 1 N–H and O–H groups in total. The van der Waals surface area contributed by atoms with Gasteiger partial charge in [0.2, 0.25) is 5.88 Å². The first kappa shape index (κ1) is 18.0. The molecular weight excluding hydrogens is 356 g/mol. The van der Waals surface area contributed by atoms with E-state index in [1.807, 2.05) is 36.4 Å². The molecule has 0 bridgehead atoms. The van der Waals surface area contributed by atoms with Gasteiger partial charge in [0.1, 0.15) is 17.3 Å². The largest absolute Gasteiger partial charge is 0.465 e. The van der Waals surface area contributed by atoms with E-state index in [1.165, 1.54) is 0 Å². The molecule has 28 heavy (non-hydrogen) atoms. The van der Waals surface area contributed by atoms with Crippen LogP contribution < -0.4 is 10.1 Å². The monoisotopic (exact) mass is 376 g/mol. The molecule has 1 aliphatic carbocycles. The number of amides is 1. The van der Waals surface area contributed by atoms with E-state index in [2.05, 4.69) is 10.3 Å². The van der Waals surface area contributed by atoms with Gasteiger partial charge in [0.15, 0.2) is 5.78 Å². The molecule has 1 amide bonds. The van der Waals surface area contributed by atoms with Crippen molar-refractivity contribution < 1.29 is 18.7 Å². The lowest BCUT2D eigenvalue weighted by Gasteiger charge is -2.12. The van der Waals surface area contributed by atoms with E-state index in [4.69, 9.17) is 9.15 Å². The molecular formula is C22H20N2O4. The number of aryl methyl sites for hydroxylation is 2. The SMILES string of the molecule is Cc1oc2c(c1C(=O)NCc1cccnc1Oc1ccccc1)C(=O)CCC2. The summed E-state index contributed by atoms with van der Waals surface area (Å²) in [4.78, 5) is 29.4. The van der Waals surface area contributed by atoms with E-state index in [1.54, 1.807) is 19.2 Å². The number of Topliss-reactive ketones (excluding diaryl/α,β-unsaturated/α-hetero) is 1. The molecule has 0 fully saturated rings. The van der Waals surface area contributed by atoms with E-state index in [-0.39, 0.29) is 18.2 Å². The summed E-state index contributed by atoms with van der Waals surface area (Å²) >= 11 is 0. The number of fused-ring (bicyclic) bond motifs is 1. The maximum absolute atomic E-state index is 12.8. The molecule has 0 spiro atoms. The zero-order valence-corrected chi connectivity index (χ0v) is 15.5. The van der Waals surface area contributed by atoms with Crippen LogP contribution in [0.1, 0.15) is 50.6 Å². The minimum atomic E-state index is -0.327. The van der Waals surface area contributed by atoms with Crippen molar-refractivity contribution in [2.24, 2.45) is 0 Å². The normalized spacial score (nSPS) is 13.1. The number of ether oxygens (including phenoxy) is 1. The number of rotatable bonds is 5. The molecule has 1 aromatic carbocycles. The van der Waals surface area contributed by atoms with Gasteiger partial charge in [0.25, 0.3) is 5.91 Å². The Morgan fingerprint density at radius 2 is 2.00 bits per heavy atom. The second-order valence-electron chi connectivity index (χ2n) is 6.67. The molecule has 6 nitrogen and oxygen atoms in total. The second kappa shape index (κ2) is 7.68. The van der Waals surface area contributed by atoms with Gasteiger partial charge in [-0.15, -0.1) is 0 Å². The van der Waals surface area contributed by atoms with Crippen LogP contribution in [0.3, 0.4) is 0 Å². The lowest BCUT2D eigenvalue weighted by molar-refractivity contribution is 0.0925. The predicted octanol–water partition coefficient (Wildman–Crippen LogP) is 4.22. The van der Waals surface area contributed by atoms with Crippen LogP contribution in [0.15, 0.2) is 53.1 Å². The number of aromatic nitrogens is 1. The number of benzene rings is 1. The fourth-order valence-electron chi connectivity index (χ4n) is 3.40. The van der Waals surface area contributed by atoms with Gasteiger partial charge in [-0.25, -0.2) is 4.98 Å². The molecule has 0 atom stereocenters. The summed E-state index contributed by atoms with van der Waals surface area (Å²) in [6.07, 6.45) is 3.53. The number of carbonyl (C=O) groups excluding carboxylic acids is 2.